The van der Waals surface area contributed by atoms with Gasteiger partial charge < -0.3 is 0 Å². The van der Waals surface area contributed by atoms with Crippen molar-refractivity contribution in [3.8, 4) is 0 Å². The Morgan fingerprint density at radius 2 is 1.67 bits per heavy atom. The van der Waals surface area contributed by atoms with Gasteiger partial charge in [0.05, 0.1) is 11.3 Å². The standard InChI is InChI=1S/C16H11ClF4O2S/c17-13-4-3-12(15(9-13)16(19,20)21)10-24(22,23)8-7-11-1-5-14(18)6-2-11/h1-9H,10H2. The quantitative estimate of drug-likeness (QED) is 0.695. The van der Waals surface area contributed by atoms with Crippen LogP contribution in [0.5, 0.6) is 0 Å². The van der Waals surface area contributed by atoms with Crippen LogP contribution in [0.1, 0.15) is 16.7 Å². The van der Waals surface area contributed by atoms with Crippen LogP contribution < -0.4 is 0 Å². The monoisotopic (exact) mass is 378 g/mol. The molecule has 0 saturated carbocycles. The second-order valence-electron chi connectivity index (χ2n) is 4.96. The van der Waals surface area contributed by atoms with Crippen molar-refractivity contribution in [2.45, 2.75) is 11.9 Å². The molecule has 2 rings (SSSR count). The molecule has 2 nitrogen and oxygen atoms in total. The summed E-state index contributed by atoms with van der Waals surface area (Å²) < 4.78 is 75.8. The van der Waals surface area contributed by atoms with Gasteiger partial charge in [-0.1, -0.05) is 29.8 Å². The molecule has 0 atom stereocenters. The summed E-state index contributed by atoms with van der Waals surface area (Å²) in [7, 11) is -3.96. The Morgan fingerprint density at radius 3 is 2.25 bits per heavy atom. The van der Waals surface area contributed by atoms with Gasteiger partial charge in [0.1, 0.15) is 5.82 Å². The van der Waals surface area contributed by atoms with Gasteiger partial charge in [-0.05, 0) is 41.5 Å². The van der Waals surface area contributed by atoms with Crippen molar-refractivity contribution in [1.82, 2.24) is 0 Å². The van der Waals surface area contributed by atoms with Crippen LogP contribution in [0, 0.1) is 5.82 Å². The number of hydrogen-bond donors (Lipinski definition) is 0. The first kappa shape index (κ1) is 18.5. The van der Waals surface area contributed by atoms with Crippen LogP contribution in [0.2, 0.25) is 5.02 Å². The third kappa shape index (κ3) is 5.07. The number of alkyl halides is 3. The Morgan fingerprint density at radius 1 is 1.04 bits per heavy atom. The molecule has 0 unspecified atom stereocenters. The number of hydrogen-bond acceptors (Lipinski definition) is 2. The third-order valence-electron chi connectivity index (χ3n) is 3.07. The van der Waals surface area contributed by atoms with Crippen molar-refractivity contribution in [2.75, 3.05) is 0 Å². The Hall–Kier alpha value is -1.86. The summed E-state index contributed by atoms with van der Waals surface area (Å²) in [6.45, 7) is 0. The summed E-state index contributed by atoms with van der Waals surface area (Å²) in [5.74, 6) is -1.30. The lowest BCUT2D eigenvalue weighted by atomic mass is 10.1. The highest BCUT2D eigenvalue weighted by atomic mass is 35.5. The predicted octanol–water partition coefficient (Wildman–Crippen LogP) is 5.08. The largest absolute Gasteiger partial charge is 0.416 e. The summed E-state index contributed by atoms with van der Waals surface area (Å²) in [6.07, 6.45) is -3.52. The van der Waals surface area contributed by atoms with Gasteiger partial charge >= 0.3 is 6.18 Å². The molecule has 0 bridgehead atoms. The van der Waals surface area contributed by atoms with Crippen molar-refractivity contribution in [2.24, 2.45) is 0 Å². The maximum absolute atomic E-state index is 13.0. The smallest absolute Gasteiger partial charge is 0.224 e. The summed E-state index contributed by atoms with van der Waals surface area (Å²) in [5, 5.41) is 0.667. The molecule has 0 spiro atoms. The number of benzene rings is 2. The Labute approximate surface area is 141 Å². The van der Waals surface area contributed by atoms with Crippen molar-refractivity contribution in [3.05, 3.63) is 75.4 Å². The number of halogens is 5. The predicted molar refractivity (Wildman–Crippen MR) is 84.5 cm³/mol. The molecule has 0 aliphatic carbocycles. The molecule has 24 heavy (non-hydrogen) atoms. The normalized spacial score (nSPS) is 12.7. The van der Waals surface area contributed by atoms with Gasteiger partial charge in [0.2, 0.25) is 0 Å². The molecular weight excluding hydrogens is 368 g/mol. The number of sulfone groups is 1. The minimum absolute atomic E-state index is 0.134. The van der Waals surface area contributed by atoms with Crippen LogP contribution in [-0.4, -0.2) is 8.42 Å². The van der Waals surface area contributed by atoms with Crippen molar-refractivity contribution < 1.29 is 26.0 Å². The van der Waals surface area contributed by atoms with E-state index in [1.54, 1.807) is 0 Å². The van der Waals surface area contributed by atoms with Crippen LogP contribution in [0.15, 0.2) is 47.9 Å². The molecule has 0 aliphatic heterocycles. The summed E-state index contributed by atoms with van der Waals surface area (Å²) in [6, 6.07) is 7.92. The molecular formula is C16H11ClF4O2S. The maximum Gasteiger partial charge on any atom is 0.416 e. The van der Waals surface area contributed by atoms with E-state index >= 15 is 0 Å². The summed E-state index contributed by atoms with van der Waals surface area (Å²) in [4.78, 5) is 0. The highest BCUT2D eigenvalue weighted by Crippen LogP contribution is 2.34. The highest BCUT2D eigenvalue weighted by Gasteiger charge is 2.34. The van der Waals surface area contributed by atoms with Gasteiger partial charge in [0.25, 0.3) is 0 Å². The lowest BCUT2D eigenvalue weighted by Crippen LogP contribution is -2.12. The zero-order valence-corrected chi connectivity index (χ0v) is 13.6. The molecule has 8 heteroatoms. The third-order valence-corrected chi connectivity index (χ3v) is 4.57. The fourth-order valence-electron chi connectivity index (χ4n) is 1.96. The van der Waals surface area contributed by atoms with Crippen molar-refractivity contribution in [1.29, 1.82) is 0 Å². The average Bonchev–Trinajstić information content (AvgIpc) is 2.47. The van der Waals surface area contributed by atoms with Crippen LogP contribution in [-0.2, 0) is 21.8 Å². The molecule has 2 aromatic rings. The topological polar surface area (TPSA) is 34.1 Å². The van der Waals surface area contributed by atoms with Crippen LogP contribution in [0.4, 0.5) is 17.6 Å². The van der Waals surface area contributed by atoms with E-state index in [1.165, 1.54) is 24.3 Å². The fraction of sp³-hybridized carbons (Fsp3) is 0.125. The van der Waals surface area contributed by atoms with Crippen LogP contribution >= 0.6 is 11.6 Å². The van der Waals surface area contributed by atoms with E-state index in [2.05, 4.69) is 0 Å². The van der Waals surface area contributed by atoms with Crippen LogP contribution in [0.25, 0.3) is 6.08 Å². The molecule has 0 fully saturated rings. The summed E-state index contributed by atoms with van der Waals surface area (Å²) >= 11 is 5.55. The first-order valence-electron chi connectivity index (χ1n) is 6.59. The fourth-order valence-corrected chi connectivity index (χ4v) is 3.28. The SMILES string of the molecule is O=S(=O)(C=Cc1ccc(F)cc1)Cc1ccc(Cl)cc1C(F)(F)F. The van der Waals surface area contributed by atoms with Crippen LogP contribution in [0.3, 0.4) is 0 Å². The Kier molecular flexibility index (Phi) is 5.35. The summed E-state index contributed by atoms with van der Waals surface area (Å²) in [5.41, 5.74) is -1.07. The molecule has 0 radical (unpaired) electrons. The van der Waals surface area contributed by atoms with E-state index in [-0.39, 0.29) is 5.02 Å². The molecule has 0 aromatic heterocycles. The highest BCUT2D eigenvalue weighted by molar-refractivity contribution is 7.93. The van der Waals surface area contributed by atoms with Gasteiger partial charge in [0.15, 0.2) is 9.84 Å². The number of rotatable bonds is 4. The minimum atomic E-state index is -4.71. The van der Waals surface area contributed by atoms with E-state index in [1.807, 2.05) is 0 Å². The van der Waals surface area contributed by atoms with E-state index in [9.17, 15) is 26.0 Å². The van der Waals surface area contributed by atoms with E-state index < -0.39 is 38.7 Å². The maximum atomic E-state index is 13.0. The van der Waals surface area contributed by atoms with Gasteiger partial charge in [-0.25, -0.2) is 12.8 Å². The van der Waals surface area contributed by atoms with Gasteiger partial charge in [0, 0.05) is 10.4 Å². The Bertz CT molecular complexity index is 857. The molecule has 0 aliphatic rings. The first-order chi connectivity index (χ1) is 11.1. The molecule has 0 saturated heterocycles. The zero-order chi connectivity index (χ0) is 18.0. The van der Waals surface area contributed by atoms with Gasteiger partial charge in [-0.15, -0.1) is 0 Å². The lowest BCUT2D eigenvalue weighted by molar-refractivity contribution is -0.138. The van der Waals surface area contributed by atoms with E-state index in [4.69, 9.17) is 11.6 Å². The lowest BCUT2D eigenvalue weighted by Gasteiger charge is -2.12. The van der Waals surface area contributed by atoms with Gasteiger partial charge in [-0.2, -0.15) is 13.2 Å². The van der Waals surface area contributed by atoms with Gasteiger partial charge in [-0.3, -0.25) is 0 Å². The van der Waals surface area contributed by atoms with Crippen molar-refractivity contribution in [3.63, 3.8) is 0 Å². The Balaban J connectivity index is 2.28. The molecule has 0 N–H and O–H groups in total. The molecule has 0 amide bonds. The second-order valence-corrected chi connectivity index (χ2v) is 7.28. The average molecular weight is 379 g/mol. The first-order valence-corrected chi connectivity index (χ1v) is 8.68. The molecule has 0 heterocycles. The zero-order valence-electron chi connectivity index (χ0n) is 12.0. The minimum Gasteiger partial charge on any atom is -0.224 e. The van der Waals surface area contributed by atoms with E-state index in [0.717, 1.165) is 23.6 Å². The molecule has 128 valence electrons. The van der Waals surface area contributed by atoms with E-state index in [0.29, 0.717) is 11.6 Å². The van der Waals surface area contributed by atoms with Crippen molar-refractivity contribution >= 4 is 27.5 Å². The second kappa shape index (κ2) is 6.94. The molecule has 2 aromatic carbocycles.